The van der Waals surface area contributed by atoms with Crippen LogP contribution in [0, 0.1) is 0 Å². The Morgan fingerprint density at radius 1 is 0.946 bits per heavy atom. The molecule has 1 heterocycles. The fraction of sp³-hybridized carbons (Fsp3) is 0.276. The van der Waals surface area contributed by atoms with Crippen LogP contribution in [0.5, 0.6) is 17.2 Å². The number of ether oxygens (including phenoxy) is 3. The summed E-state index contributed by atoms with van der Waals surface area (Å²) < 4.78 is 16.4. The Morgan fingerprint density at radius 2 is 1.65 bits per heavy atom. The van der Waals surface area contributed by atoms with Crippen LogP contribution in [0.3, 0.4) is 0 Å². The summed E-state index contributed by atoms with van der Waals surface area (Å²) in [6, 6.07) is 16.5. The number of rotatable bonds is 11. The van der Waals surface area contributed by atoms with Crippen molar-refractivity contribution in [2.75, 3.05) is 34.5 Å². The van der Waals surface area contributed by atoms with E-state index in [1.807, 2.05) is 48.7 Å². The lowest BCUT2D eigenvalue weighted by atomic mass is 9.97. The van der Waals surface area contributed by atoms with Crippen LogP contribution in [0.2, 0.25) is 0 Å². The predicted molar refractivity (Wildman–Crippen MR) is 143 cm³/mol. The molecule has 0 aliphatic heterocycles. The topological polar surface area (TPSA) is 113 Å². The molecule has 1 amide bonds. The summed E-state index contributed by atoms with van der Waals surface area (Å²) in [6.07, 6.45) is 2.77. The van der Waals surface area contributed by atoms with Gasteiger partial charge in [0.15, 0.2) is 11.5 Å². The van der Waals surface area contributed by atoms with E-state index in [4.69, 9.17) is 14.2 Å². The number of H-pyrrole nitrogens is 1. The summed E-state index contributed by atoms with van der Waals surface area (Å²) in [5, 5.41) is 23.6. The number of aliphatic hydroxyl groups excluding tert-OH is 2. The fourth-order valence-corrected chi connectivity index (χ4v) is 4.51. The number of aromatic nitrogens is 1. The van der Waals surface area contributed by atoms with Gasteiger partial charge < -0.3 is 34.7 Å². The number of amides is 1. The van der Waals surface area contributed by atoms with Gasteiger partial charge in [-0.25, -0.2) is 0 Å². The number of carbonyl (C=O) groups is 1. The molecule has 4 N–H and O–H groups in total. The number of aromatic amines is 1. The molecule has 0 fully saturated rings. The Kier molecular flexibility index (Phi) is 8.32. The monoisotopic (exact) mass is 504 g/mol. The highest BCUT2D eigenvalue weighted by molar-refractivity contribution is 5.96. The van der Waals surface area contributed by atoms with Crippen LogP contribution in [0.4, 0.5) is 0 Å². The second kappa shape index (κ2) is 11.8. The molecule has 3 aromatic carbocycles. The molecule has 4 aromatic rings. The van der Waals surface area contributed by atoms with Crippen LogP contribution in [-0.4, -0.2) is 61.7 Å². The highest BCUT2D eigenvalue weighted by Crippen LogP contribution is 2.41. The SMILES string of the molecule is COc1cc(-c2cc(CCO)cc(C(=O)N[C@@H](CO)Cc3c[nH]c4ccccc34)c2)cc(OC)c1OC. The van der Waals surface area contributed by atoms with Gasteiger partial charge in [0.2, 0.25) is 5.75 Å². The Morgan fingerprint density at radius 3 is 2.30 bits per heavy atom. The highest BCUT2D eigenvalue weighted by Gasteiger charge is 2.19. The first-order valence-corrected chi connectivity index (χ1v) is 12.0. The van der Waals surface area contributed by atoms with Gasteiger partial charge in [0, 0.05) is 29.3 Å². The first kappa shape index (κ1) is 26.1. The molecule has 0 spiro atoms. The number of benzene rings is 3. The molecule has 1 aromatic heterocycles. The van der Waals surface area contributed by atoms with Gasteiger partial charge in [-0.15, -0.1) is 0 Å². The molecule has 37 heavy (non-hydrogen) atoms. The Hall–Kier alpha value is -4.01. The maximum Gasteiger partial charge on any atom is 0.251 e. The fourth-order valence-electron chi connectivity index (χ4n) is 4.51. The van der Waals surface area contributed by atoms with Crippen molar-refractivity contribution < 1.29 is 29.2 Å². The first-order chi connectivity index (χ1) is 18.0. The average Bonchev–Trinajstić information content (AvgIpc) is 3.34. The van der Waals surface area contributed by atoms with E-state index in [0.717, 1.165) is 33.2 Å². The summed E-state index contributed by atoms with van der Waals surface area (Å²) in [7, 11) is 4.63. The van der Waals surface area contributed by atoms with Crippen molar-refractivity contribution in [3.8, 4) is 28.4 Å². The summed E-state index contributed by atoms with van der Waals surface area (Å²) >= 11 is 0. The number of fused-ring (bicyclic) bond motifs is 1. The second-order valence-corrected chi connectivity index (χ2v) is 8.72. The van der Waals surface area contributed by atoms with E-state index < -0.39 is 6.04 Å². The van der Waals surface area contributed by atoms with Crippen molar-refractivity contribution in [2.24, 2.45) is 0 Å². The number of nitrogens with one attached hydrogen (secondary N) is 2. The molecule has 194 valence electrons. The highest BCUT2D eigenvalue weighted by atomic mass is 16.5. The second-order valence-electron chi connectivity index (χ2n) is 8.72. The van der Waals surface area contributed by atoms with Crippen molar-refractivity contribution in [3.63, 3.8) is 0 Å². The number of para-hydroxylation sites is 1. The summed E-state index contributed by atoms with van der Waals surface area (Å²) in [5.41, 5.74) is 4.77. The lowest BCUT2D eigenvalue weighted by molar-refractivity contribution is 0.0916. The standard InChI is InChI=1S/C29H32N2O6/c1-35-26-14-20(15-27(36-2)28(26)37-3)19-10-18(8-9-32)11-21(12-19)29(34)31-23(17-33)13-22-16-30-25-7-5-4-6-24(22)25/h4-7,10-12,14-16,23,30,32-33H,8-9,13,17H2,1-3H3,(H,31,34)/t23-/m1/s1. The van der Waals surface area contributed by atoms with Crippen LogP contribution in [0.15, 0.2) is 60.8 Å². The summed E-state index contributed by atoms with van der Waals surface area (Å²) in [6.45, 7) is -0.263. The van der Waals surface area contributed by atoms with Gasteiger partial charge in [0.25, 0.3) is 5.91 Å². The predicted octanol–water partition coefficient (Wildman–Crippen LogP) is 3.73. The largest absolute Gasteiger partial charge is 0.493 e. The zero-order valence-electron chi connectivity index (χ0n) is 21.2. The third-order valence-corrected chi connectivity index (χ3v) is 6.35. The molecule has 0 aliphatic carbocycles. The van der Waals surface area contributed by atoms with Crippen molar-refractivity contribution in [3.05, 3.63) is 77.5 Å². The summed E-state index contributed by atoms with van der Waals surface area (Å²) in [4.78, 5) is 16.6. The number of carbonyl (C=O) groups excluding carboxylic acids is 1. The third kappa shape index (κ3) is 5.71. The lowest BCUT2D eigenvalue weighted by Crippen LogP contribution is -2.39. The van der Waals surface area contributed by atoms with E-state index >= 15 is 0 Å². The minimum absolute atomic E-state index is 0.0560. The van der Waals surface area contributed by atoms with Crippen molar-refractivity contribution >= 4 is 16.8 Å². The Labute approximate surface area is 215 Å². The van der Waals surface area contributed by atoms with Gasteiger partial charge >= 0.3 is 0 Å². The van der Waals surface area contributed by atoms with Crippen molar-refractivity contribution in [1.82, 2.24) is 10.3 Å². The average molecular weight is 505 g/mol. The quantitative estimate of drug-likeness (QED) is 0.248. The third-order valence-electron chi connectivity index (χ3n) is 6.35. The molecule has 8 heteroatoms. The van der Waals surface area contributed by atoms with Crippen LogP contribution in [0.25, 0.3) is 22.0 Å². The molecule has 0 radical (unpaired) electrons. The van der Waals surface area contributed by atoms with Crippen molar-refractivity contribution in [2.45, 2.75) is 18.9 Å². The van der Waals surface area contributed by atoms with Gasteiger partial charge in [-0.05, 0) is 65.4 Å². The zero-order chi connectivity index (χ0) is 26.4. The molecular formula is C29H32N2O6. The Bertz CT molecular complexity index is 1360. The number of hydrogen-bond donors (Lipinski definition) is 4. The maximum absolute atomic E-state index is 13.3. The van der Waals surface area contributed by atoms with E-state index in [-0.39, 0.29) is 19.1 Å². The normalized spacial score (nSPS) is 11.8. The van der Waals surface area contributed by atoms with Gasteiger partial charge in [-0.2, -0.15) is 0 Å². The number of aliphatic hydroxyl groups is 2. The maximum atomic E-state index is 13.3. The smallest absolute Gasteiger partial charge is 0.251 e. The van der Waals surface area contributed by atoms with E-state index in [1.165, 1.54) is 7.11 Å². The zero-order valence-corrected chi connectivity index (χ0v) is 21.2. The molecule has 1 atom stereocenters. The first-order valence-electron chi connectivity index (χ1n) is 12.0. The van der Waals surface area contributed by atoms with Crippen LogP contribution in [-0.2, 0) is 12.8 Å². The van der Waals surface area contributed by atoms with Gasteiger partial charge in [-0.3, -0.25) is 4.79 Å². The van der Waals surface area contributed by atoms with Crippen molar-refractivity contribution in [1.29, 1.82) is 0 Å². The Balaban J connectivity index is 1.64. The molecular weight excluding hydrogens is 472 g/mol. The van der Waals surface area contributed by atoms with Gasteiger partial charge in [0.1, 0.15) is 0 Å². The molecule has 4 rings (SSSR count). The lowest BCUT2D eigenvalue weighted by Gasteiger charge is -2.18. The van der Waals surface area contributed by atoms with E-state index in [9.17, 15) is 15.0 Å². The van der Waals surface area contributed by atoms with Gasteiger partial charge in [0.05, 0.1) is 34.0 Å². The molecule has 0 aliphatic rings. The molecule has 0 unspecified atom stereocenters. The molecule has 8 nitrogen and oxygen atoms in total. The minimum atomic E-state index is -0.474. The summed E-state index contributed by atoms with van der Waals surface area (Å²) in [5.74, 6) is 1.15. The molecule has 0 saturated carbocycles. The molecule has 0 saturated heterocycles. The van der Waals surface area contributed by atoms with E-state index in [2.05, 4.69) is 10.3 Å². The van der Waals surface area contributed by atoms with Crippen LogP contribution in [0.1, 0.15) is 21.5 Å². The van der Waals surface area contributed by atoms with Crippen LogP contribution < -0.4 is 19.5 Å². The minimum Gasteiger partial charge on any atom is -0.493 e. The van der Waals surface area contributed by atoms with Crippen LogP contribution >= 0.6 is 0 Å². The van der Waals surface area contributed by atoms with E-state index in [0.29, 0.717) is 35.7 Å². The van der Waals surface area contributed by atoms with E-state index in [1.54, 1.807) is 26.4 Å². The van der Waals surface area contributed by atoms with Gasteiger partial charge in [-0.1, -0.05) is 24.3 Å². The number of hydrogen-bond acceptors (Lipinski definition) is 6. The molecule has 0 bridgehead atoms. The number of methoxy groups -OCH3 is 3.